The highest BCUT2D eigenvalue weighted by atomic mass is 16.7. The predicted octanol–water partition coefficient (Wildman–Crippen LogP) is 2.99. The SMILES string of the molecule is CNC(=O)c1cc(-c2ccc3c(c2)OCO3)nc2ccccc12. The van der Waals surface area contributed by atoms with Crippen molar-refractivity contribution in [2.45, 2.75) is 0 Å². The Morgan fingerprint density at radius 1 is 1.09 bits per heavy atom. The van der Waals surface area contributed by atoms with E-state index in [4.69, 9.17) is 9.47 Å². The van der Waals surface area contributed by atoms with Crippen LogP contribution >= 0.6 is 0 Å². The number of hydrogen-bond acceptors (Lipinski definition) is 4. The van der Waals surface area contributed by atoms with Crippen LogP contribution in [0.15, 0.2) is 48.5 Å². The first-order chi connectivity index (χ1) is 11.3. The molecule has 0 fully saturated rings. The van der Waals surface area contributed by atoms with Gasteiger partial charge in [-0.15, -0.1) is 0 Å². The maximum Gasteiger partial charge on any atom is 0.251 e. The predicted molar refractivity (Wildman–Crippen MR) is 86.7 cm³/mol. The lowest BCUT2D eigenvalue weighted by Gasteiger charge is -2.09. The zero-order valence-electron chi connectivity index (χ0n) is 12.5. The van der Waals surface area contributed by atoms with Crippen LogP contribution in [0.5, 0.6) is 11.5 Å². The molecule has 0 aliphatic carbocycles. The van der Waals surface area contributed by atoms with Crippen LogP contribution in [0.1, 0.15) is 10.4 Å². The molecule has 0 atom stereocenters. The molecule has 0 spiro atoms. The van der Waals surface area contributed by atoms with Crippen LogP contribution in [0.3, 0.4) is 0 Å². The van der Waals surface area contributed by atoms with Crippen LogP contribution in [-0.4, -0.2) is 24.7 Å². The highest BCUT2D eigenvalue weighted by Crippen LogP contribution is 2.36. The van der Waals surface area contributed by atoms with Crippen molar-refractivity contribution in [3.8, 4) is 22.8 Å². The molecule has 2 aromatic carbocycles. The second kappa shape index (κ2) is 5.28. The molecule has 1 N–H and O–H groups in total. The zero-order valence-corrected chi connectivity index (χ0v) is 12.5. The molecule has 0 radical (unpaired) electrons. The van der Waals surface area contributed by atoms with Gasteiger partial charge < -0.3 is 14.8 Å². The van der Waals surface area contributed by atoms with Crippen LogP contribution in [-0.2, 0) is 0 Å². The van der Waals surface area contributed by atoms with Gasteiger partial charge in [0.25, 0.3) is 5.91 Å². The lowest BCUT2D eigenvalue weighted by molar-refractivity contribution is 0.0964. The summed E-state index contributed by atoms with van der Waals surface area (Å²) in [7, 11) is 1.62. The fraction of sp³-hybridized carbons (Fsp3) is 0.111. The van der Waals surface area contributed by atoms with Crippen molar-refractivity contribution >= 4 is 16.8 Å². The summed E-state index contributed by atoms with van der Waals surface area (Å²) < 4.78 is 10.7. The summed E-state index contributed by atoms with van der Waals surface area (Å²) in [6, 6.07) is 15.1. The highest BCUT2D eigenvalue weighted by molar-refractivity contribution is 6.07. The normalized spacial score (nSPS) is 12.4. The molecule has 4 rings (SSSR count). The number of benzene rings is 2. The third-order valence-electron chi connectivity index (χ3n) is 3.86. The third-order valence-corrected chi connectivity index (χ3v) is 3.86. The van der Waals surface area contributed by atoms with Crippen molar-refractivity contribution < 1.29 is 14.3 Å². The summed E-state index contributed by atoms with van der Waals surface area (Å²) in [5, 5.41) is 3.51. The molecular weight excluding hydrogens is 292 g/mol. The Kier molecular flexibility index (Phi) is 3.12. The highest BCUT2D eigenvalue weighted by Gasteiger charge is 2.16. The van der Waals surface area contributed by atoms with Crippen LogP contribution < -0.4 is 14.8 Å². The fourth-order valence-corrected chi connectivity index (χ4v) is 2.70. The van der Waals surface area contributed by atoms with Gasteiger partial charge >= 0.3 is 0 Å². The minimum Gasteiger partial charge on any atom is -0.454 e. The molecule has 0 saturated heterocycles. The van der Waals surface area contributed by atoms with Gasteiger partial charge in [0.2, 0.25) is 6.79 Å². The van der Waals surface area contributed by atoms with Crippen LogP contribution in [0.25, 0.3) is 22.2 Å². The number of rotatable bonds is 2. The second-order valence-corrected chi connectivity index (χ2v) is 5.22. The van der Waals surface area contributed by atoms with Crippen LogP contribution in [0.2, 0.25) is 0 Å². The monoisotopic (exact) mass is 306 g/mol. The van der Waals surface area contributed by atoms with Crippen molar-refractivity contribution in [2.24, 2.45) is 0 Å². The van der Waals surface area contributed by atoms with E-state index in [9.17, 15) is 4.79 Å². The molecule has 3 aromatic rings. The molecule has 5 nitrogen and oxygen atoms in total. The molecular formula is C18H14N2O3. The number of amides is 1. The summed E-state index contributed by atoms with van der Waals surface area (Å²) in [4.78, 5) is 16.9. The Hall–Kier alpha value is -3.08. The Morgan fingerprint density at radius 2 is 1.91 bits per heavy atom. The van der Waals surface area contributed by atoms with Gasteiger partial charge in [0.1, 0.15) is 0 Å². The van der Waals surface area contributed by atoms with Gasteiger partial charge in [-0.2, -0.15) is 0 Å². The molecule has 23 heavy (non-hydrogen) atoms. The van der Waals surface area contributed by atoms with E-state index in [2.05, 4.69) is 10.3 Å². The molecule has 1 aliphatic heterocycles. The van der Waals surface area contributed by atoms with Gasteiger partial charge in [0, 0.05) is 18.0 Å². The summed E-state index contributed by atoms with van der Waals surface area (Å²) in [6.07, 6.45) is 0. The number of para-hydroxylation sites is 1. The van der Waals surface area contributed by atoms with E-state index < -0.39 is 0 Å². The number of nitrogens with one attached hydrogen (secondary N) is 1. The van der Waals surface area contributed by atoms with Crippen molar-refractivity contribution in [3.63, 3.8) is 0 Å². The van der Waals surface area contributed by atoms with Gasteiger partial charge in [-0.3, -0.25) is 4.79 Å². The molecule has 1 aliphatic rings. The first-order valence-corrected chi connectivity index (χ1v) is 7.28. The number of carbonyl (C=O) groups is 1. The Balaban J connectivity index is 1.92. The minimum atomic E-state index is -0.134. The van der Waals surface area contributed by atoms with E-state index in [-0.39, 0.29) is 12.7 Å². The molecule has 1 aromatic heterocycles. The average Bonchev–Trinajstić information content (AvgIpc) is 3.07. The number of pyridine rings is 1. The van der Waals surface area contributed by atoms with Gasteiger partial charge in [-0.1, -0.05) is 18.2 Å². The van der Waals surface area contributed by atoms with Gasteiger partial charge in [-0.25, -0.2) is 4.98 Å². The smallest absolute Gasteiger partial charge is 0.251 e. The molecule has 2 heterocycles. The Morgan fingerprint density at radius 3 is 2.78 bits per heavy atom. The molecule has 1 amide bonds. The lowest BCUT2D eigenvalue weighted by atomic mass is 10.0. The average molecular weight is 306 g/mol. The lowest BCUT2D eigenvalue weighted by Crippen LogP contribution is -2.18. The molecule has 114 valence electrons. The summed E-state index contributed by atoms with van der Waals surface area (Å²) in [6.45, 7) is 0.230. The summed E-state index contributed by atoms with van der Waals surface area (Å²) in [5.74, 6) is 1.28. The maximum atomic E-state index is 12.2. The van der Waals surface area contributed by atoms with Crippen molar-refractivity contribution in [1.82, 2.24) is 10.3 Å². The zero-order chi connectivity index (χ0) is 15.8. The van der Waals surface area contributed by atoms with E-state index in [1.54, 1.807) is 13.1 Å². The Labute approximate surface area is 132 Å². The Bertz CT molecular complexity index is 921. The van der Waals surface area contributed by atoms with Gasteiger partial charge in [0.15, 0.2) is 11.5 Å². The number of aromatic nitrogens is 1. The number of ether oxygens (including phenoxy) is 2. The quantitative estimate of drug-likeness (QED) is 0.790. The number of fused-ring (bicyclic) bond motifs is 2. The molecule has 5 heteroatoms. The second-order valence-electron chi connectivity index (χ2n) is 5.22. The largest absolute Gasteiger partial charge is 0.454 e. The number of carbonyl (C=O) groups excluding carboxylic acids is 1. The van der Waals surface area contributed by atoms with E-state index >= 15 is 0 Å². The topological polar surface area (TPSA) is 60.5 Å². The molecule has 0 bridgehead atoms. The number of hydrogen-bond donors (Lipinski definition) is 1. The van der Waals surface area contributed by atoms with Gasteiger partial charge in [0.05, 0.1) is 16.8 Å². The van der Waals surface area contributed by atoms with E-state index in [1.807, 2.05) is 42.5 Å². The summed E-state index contributed by atoms with van der Waals surface area (Å²) in [5.41, 5.74) is 2.98. The van der Waals surface area contributed by atoms with Crippen LogP contribution in [0.4, 0.5) is 0 Å². The number of nitrogens with zero attached hydrogens (tertiary/aromatic N) is 1. The van der Waals surface area contributed by atoms with Crippen molar-refractivity contribution in [1.29, 1.82) is 0 Å². The molecule has 0 saturated carbocycles. The first kappa shape index (κ1) is 13.6. The van der Waals surface area contributed by atoms with Crippen molar-refractivity contribution in [3.05, 3.63) is 54.1 Å². The van der Waals surface area contributed by atoms with E-state index in [0.717, 1.165) is 27.9 Å². The molecule has 0 unspecified atom stereocenters. The maximum absolute atomic E-state index is 12.2. The van der Waals surface area contributed by atoms with E-state index in [0.29, 0.717) is 11.3 Å². The first-order valence-electron chi connectivity index (χ1n) is 7.28. The van der Waals surface area contributed by atoms with Crippen molar-refractivity contribution in [2.75, 3.05) is 13.8 Å². The van der Waals surface area contributed by atoms with E-state index in [1.165, 1.54) is 0 Å². The summed E-state index contributed by atoms with van der Waals surface area (Å²) >= 11 is 0. The fourth-order valence-electron chi connectivity index (χ4n) is 2.70. The minimum absolute atomic E-state index is 0.134. The standard InChI is InChI=1S/C18H14N2O3/c1-19-18(21)13-9-15(20-14-5-3-2-4-12(13)14)11-6-7-16-17(8-11)23-10-22-16/h2-9H,10H2,1H3,(H,19,21). The van der Waals surface area contributed by atoms with Crippen LogP contribution in [0, 0.1) is 0 Å². The van der Waals surface area contributed by atoms with Gasteiger partial charge in [-0.05, 0) is 30.3 Å². The third kappa shape index (κ3) is 2.26.